The highest BCUT2D eigenvalue weighted by atomic mass is 15.1. The van der Waals surface area contributed by atoms with Crippen LogP contribution in [0, 0.1) is 0 Å². The Morgan fingerprint density at radius 1 is 0.952 bits per heavy atom. The quantitative estimate of drug-likeness (QED) is 0.801. The van der Waals surface area contributed by atoms with Gasteiger partial charge in [-0.3, -0.25) is 0 Å². The van der Waals surface area contributed by atoms with Crippen LogP contribution in [0.15, 0.2) is 30.3 Å². The van der Waals surface area contributed by atoms with Crippen LogP contribution in [0.1, 0.15) is 38.6 Å². The van der Waals surface area contributed by atoms with Crippen molar-refractivity contribution in [1.82, 2.24) is 9.97 Å². The Hall–Kier alpha value is -2.10. The zero-order valence-corrected chi connectivity index (χ0v) is 13.1. The van der Waals surface area contributed by atoms with Crippen molar-refractivity contribution in [2.75, 3.05) is 17.2 Å². The summed E-state index contributed by atoms with van der Waals surface area (Å²) in [6.07, 6.45) is 2.93. The molecule has 0 saturated heterocycles. The second-order valence-electron chi connectivity index (χ2n) is 5.01. The Kier molecular flexibility index (Phi) is 5.55. The van der Waals surface area contributed by atoms with Gasteiger partial charge in [0.05, 0.1) is 0 Å². The second-order valence-corrected chi connectivity index (χ2v) is 5.01. The SMILES string of the molecule is CCCNc1cc(Nc2cccc(CC)c2)nc(CC)n1. The first-order valence-corrected chi connectivity index (χ1v) is 7.73. The van der Waals surface area contributed by atoms with Crippen LogP contribution in [0.2, 0.25) is 0 Å². The number of benzene rings is 1. The molecule has 0 aliphatic rings. The minimum atomic E-state index is 0.825. The molecule has 1 aromatic carbocycles. The van der Waals surface area contributed by atoms with Gasteiger partial charge in [0.15, 0.2) is 0 Å². The Labute approximate surface area is 127 Å². The first-order valence-electron chi connectivity index (χ1n) is 7.73. The standard InChI is InChI=1S/C17H24N4/c1-4-10-18-16-12-17(21-15(6-3)20-16)19-14-9-7-8-13(5-2)11-14/h7-9,11-12H,4-6,10H2,1-3H3,(H2,18,19,20,21). The highest BCUT2D eigenvalue weighted by Gasteiger charge is 2.04. The second kappa shape index (κ2) is 7.62. The van der Waals surface area contributed by atoms with E-state index in [4.69, 9.17) is 0 Å². The molecule has 2 N–H and O–H groups in total. The Morgan fingerprint density at radius 2 is 1.76 bits per heavy atom. The van der Waals surface area contributed by atoms with Gasteiger partial charge in [-0.15, -0.1) is 0 Å². The van der Waals surface area contributed by atoms with Gasteiger partial charge >= 0.3 is 0 Å². The number of nitrogens with one attached hydrogen (secondary N) is 2. The molecule has 0 saturated carbocycles. The molecule has 0 aliphatic heterocycles. The van der Waals surface area contributed by atoms with Gasteiger partial charge in [-0.25, -0.2) is 9.97 Å². The Morgan fingerprint density at radius 3 is 2.48 bits per heavy atom. The van der Waals surface area contributed by atoms with Crippen LogP contribution in [0.25, 0.3) is 0 Å². The van der Waals surface area contributed by atoms with E-state index in [1.165, 1.54) is 5.56 Å². The lowest BCUT2D eigenvalue weighted by Gasteiger charge is -2.11. The molecule has 0 bridgehead atoms. The molecular formula is C17H24N4. The fourth-order valence-corrected chi connectivity index (χ4v) is 2.08. The minimum absolute atomic E-state index is 0.825. The molecule has 0 radical (unpaired) electrons. The summed E-state index contributed by atoms with van der Waals surface area (Å²) in [5.74, 6) is 2.58. The summed E-state index contributed by atoms with van der Waals surface area (Å²) >= 11 is 0. The van der Waals surface area contributed by atoms with Gasteiger partial charge in [0.25, 0.3) is 0 Å². The van der Waals surface area contributed by atoms with Gasteiger partial charge < -0.3 is 10.6 Å². The molecule has 1 aromatic heterocycles. The van der Waals surface area contributed by atoms with Crippen molar-refractivity contribution in [2.24, 2.45) is 0 Å². The predicted octanol–water partition coefficient (Wildman–Crippen LogP) is 4.17. The molecule has 0 aliphatic carbocycles. The van der Waals surface area contributed by atoms with Crippen molar-refractivity contribution in [2.45, 2.75) is 40.0 Å². The predicted molar refractivity (Wildman–Crippen MR) is 89.3 cm³/mol. The van der Waals surface area contributed by atoms with Gasteiger partial charge in [-0.05, 0) is 30.5 Å². The average Bonchev–Trinajstić information content (AvgIpc) is 2.52. The summed E-state index contributed by atoms with van der Waals surface area (Å²) in [5.41, 5.74) is 2.38. The lowest BCUT2D eigenvalue weighted by molar-refractivity contribution is 0.919. The number of rotatable bonds is 7. The lowest BCUT2D eigenvalue weighted by atomic mass is 10.1. The molecule has 0 unspecified atom stereocenters. The van der Waals surface area contributed by atoms with Crippen LogP contribution in [0.4, 0.5) is 17.3 Å². The largest absolute Gasteiger partial charge is 0.370 e. The van der Waals surface area contributed by atoms with E-state index < -0.39 is 0 Å². The van der Waals surface area contributed by atoms with E-state index in [-0.39, 0.29) is 0 Å². The monoisotopic (exact) mass is 284 g/mol. The highest BCUT2D eigenvalue weighted by Crippen LogP contribution is 2.19. The first kappa shape index (κ1) is 15.3. The molecule has 112 valence electrons. The summed E-state index contributed by atoms with van der Waals surface area (Å²) in [6.45, 7) is 7.29. The number of nitrogens with zero attached hydrogens (tertiary/aromatic N) is 2. The van der Waals surface area contributed by atoms with Crippen LogP contribution in [0.3, 0.4) is 0 Å². The maximum atomic E-state index is 4.55. The average molecular weight is 284 g/mol. The third-order valence-corrected chi connectivity index (χ3v) is 3.25. The van der Waals surface area contributed by atoms with E-state index >= 15 is 0 Å². The topological polar surface area (TPSA) is 49.8 Å². The number of hydrogen-bond donors (Lipinski definition) is 2. The highest BCUT2D eigenvalue weighted by molar-refractivity contribution is 5.60. The van der Waals surface area contributed by atoms with Gasteiger partial charge in [0, 0.05) is 24.7 Å². The zero-order chi connectivity index (χ0) is 15.1. The lowest BCUT2D eigenvalue weighted by Crippen LogP contribution is -2.06. The number of aromatic nitrogens is 2. The molecule has 0 atom stereocenters. The molecule has 0 amide bonds. The number of hydrogen-bond acceptors (Lipinski definition) is 4. The molecule has 0 fully saturated rings. The van der Waals surface area contributed by atoms with Crippen molar-refractivity contribution in [3.05, 3.63) is 41.7 Å². The summed E-state index contributed by atoms with van der Waals surface area (Å²) in [5, 5.41) is 6.71. The zero-order valence-electron chi connectivity index (χ0n) is 13.1. The molecule has 0 spiro atoms. The number of anilines is 3. The normalized spacial score (nSPS) is 10.4. The Balaban J connectivity index is 2.21. The molecule has 2 rings (SSSR count). The molecule has 4 nitrogen and oxygen atoms in total. The third-order valence-electron chi connectivity index (χ3n) is 3.25. The van der Waals surface area contributed by atoms with Crippen LogP contribution < -0.4 is 10.6 Å². The van der Waals surface area contributed by atoms with Crippen molar-refractivity contribution in [1.29, 1.82) is 0 Å². The summed E-state index contributed by atoms with van der Waals surface area (Å²) < 4.78 is 0. The van der Waals surface area contributed by atoms with Gasteiger partial charge in [0.1, 0.15) is 17.5 Å². The minimum Gasteiger partial charge on any atom is -0.370 e. The van der Waals surface area contributed by atoms with Crippen LogP contribution in [0.5, 0.6) is 0 Å². The van der Waals surface area contributed by atoms with Crippen LogP contribution >= 0.6 is 0 Å². The van der Waals surface area contributed by atoms with E-state index in [2.05, 4.69) is 65.6 Å². The van der Waals surface area contributed by atoms with E-state index in [1.807, 2.05) is 6.07 Å². The molecule has 21 heavy (non-hydrogen) atoms. The molecular weight excluding hydrogens is 260 g/mol. The van der Waals surface area contributed by atoms with E-state index in [9.17, 15) is 0 Å². The first-order chi connectivity index (χ1) is 10.2. The fourth-order valence-electron chi connectivity index (χ4n) is 2.08. The van der Waals surface area contributed by atoms with Gasteiger partial charge in [-0.1, -0.05) is 32.9 Å². The van der Waals surface area contributed by atoms with Crippen molar-refractivity contribution in [3.8, 4) is 0 Å². The van der Waals surface area contributed by atoms with Gasteiger partial charge in [0.2, 0.25) is 0 Å². The van der Waals surface area contributed by atoms with E-state index in [0.29, 0.717) is 0 Å². The van der Waals surface area contributed by atoms with E-state index in [1.54, 1.807) is 0 Å². The molecule has 2 aromatic rings. The fraction of sp³-hybridized carbons (Fsp3) is 0.412. The third kappa shape index (κ3) is 4.45. The summed E-state index contributed by atoms with van der Waals surface area (Å²) in [7, 11) is 0. The van der Waals surface area contributed by atoms with Crippen molar-refractivity contribution >= 4 is 17.3 Å². The summed E-state index contributed by atoms with van der Waals surface area (Å²) in [4.78, 5) is 9.05. The van der Waals surface area contributed by atoms with Crippen molar-refractivity contribution in [3.63, 3.8) is 0 Å². The smallest absolute Gasteiger partial charge is 0.136 e. The van der Waals surface area contributed by atoms with Crippen LogP contribution in [-0.2, 0) is 12.8 Å². The summed E-state index contributed by atoms with van der Waals surface area (Å²) in [6, 6.07) is 10.4. The maximum absolute atomic E-state index is 4.55. The van der Waals surface area contributed by atoms with Crippen molar-refractivity contribution < 1.29 is 0 Å². The van der Waals surface area contributed by atoms with Gasteiger partial charge in [-0.2, -0.15) is 0 Å². The van der Waals surface area contributed by atoms with E-state index in [0.717, 1.165) is 49.0 Å². The molecule has 4 heteroatoms. The Bertz CT molecular complexity index is 581. The molecule has 1 heterocycles. The van der Waals surface area contributed by atoms with Crippen LogP contribution in [-0.4, -0.2) is 16.5 Å². The maximum Gasteiger partial charge on any atom is 0.136 e. The number of aryl methyl sites for hydroxylation is 2.